The van der Waals surface area contributed by atoms with E-state index in [1.54, 1.807) is 19.9 Å². The maximum Gasteiger partial charge on any atom is 0.334 e. The van der Waals surface area contributed by atoms with Gasteiger partial charge in [-0.25, -0.2) is 14.8 Å². The number of urea groups is 1. The minimum Gasteiger partial charge on any atom is -0.368 e. The summed E-state index contributed by atoms with van der Waals surface area (Å²) in [6.45, 7) is 2.91. The van der Waals surface area contributed by atoms with Gasteiger partial charge in [-0.2, -0.15) is 0 Å². The summed E-state index contributed by atoms with van der Waals surface area (Å²) in [7, 11) is 0. The number of carbonyl (C=O) groups excluding carboxylic acids is 3. The molecule has 0 saturated carbocycles. The fourth-order valence-corrected chi connectivity index (χ4v) is 1.84. The Kier molecular flexibility index (Phi) is 3.16. The number of primary amides is 1. The Morgan fingerprint density at radius 2 is 1.89 bits per heavy atom. The molecule has 2 N–H and O–H groups in total. The molecular formula is C11H13N5O3. The molecule has 0 bridgehead atoms. The number of aromatic nitrogens is 2. The first-order valence-corrected chi connectivity index (χ1v) is 5.61. The fourth-order valence-electron chi connectivity index (χ4n) is 1.84. The van der Waals surface area contributed by atoms with Gasteiger partial charge in [0.15, 0.2) is 0 Å². The van der Waals surface area contributed by atoms with Crippen molar-refractivity contribution >= 4 is 23.8 Å². The van der Waals surface area contributed by atoms with E-state index in [1.807, 2.05) is 0 Å². The Labute approximate surface area is 109 Å². The van der Waals surface area contributed by atoms with Crippen LogP contribution in [0.4, 0.5) is 10.7 Å². The lowest BCUT2D eigenvalue weighted by molar-refractivity contribution is -0.129. The van der Waals surface area contributed by atoms with Crippen LogP contribution in [-0.4, -0.2) is 45.8 Å². The zero-order chi connectivity index (χ0) is 14.2. The SMILES string of the molecule is Cc1cc(C)nc(N2CC(=O)N(CC(N)=O)C2=O)n1. The van der Waals surface area contributed by atoms with Gasteiger partial charge in [0, 0.05) is 11.4 Å². The number of hydrogen-bond acceptors (Lipinski definition) is 5. The maximum absolute atomic E-state index is 12.0. The Bertz CT molecular complexity index is 551. The predicted molar refractivity (Wildman–Crippen MR) is 65.2 cm³/mol. The van der Waals surface area contributed by atoms with Crippen molar-refractivity contribution in [2.75, 3.05) is 18.0 Å². The Morgan fingerprint density at radius 1 is 1.32 bits per heavy atom. The quantitative estimate of drug-likeness (QED) is 0.728. The van der Waals surface area contributed by atoms with E-state index in [-0.39, 0.29) is 12.5 Å². The van der Waals surface area contributed by atoms with Gasteiger partial charge >= 0.3 is 6.03 Å². The first-order valence-electron chi connectivity index (χ1n) is 5.61. The topological polar surface area (TPSA) is 109 Å². The monoisotopic (exact) mass is 263 g/mol. The highest BCUT2D eigenvalue weighted by atomic mass is 16.2. The third-order valence-electron chi connectivity index (χ3n) is 2.58. The highest BCUT2D eigenvalue weighted by Crippen LogP contribution is 2.17. The number of hydrogen-bond donors (Lipinski definition) is 1. The van der Waals surface area contributed by atoms with Crippen molar-refractivity contribution < 1.29 is 14.4 Å². The molecule has 0 aliphatic carbocycles. The standard InChI is InChI=1S/C11H13N5O3/c1-6-3-7(2)14-10(13-6)16-5-9(18)15(11(16)19)4-8(12)17/h3H,4-5H2,1-2H3,(H2,12,17). The van der Waals surface area contributed by atoms with Crippen LogP contribution in [0.2, 0.25) is 0 Å². The zero-order valence-corrected chi connectivity index (χ0v) is 10.6. The molecule has 1 aliphatic rings. The second-order valence-corrected chi connectivity index (χ2v) is 4.27. The van der Waals surface area contributed by atoms with Gasteiger partial charge in [-0.3, -0.25) is 19.4 Å². The third kappa shape index (κ3) is 2.51. The van der Waals surface area contributed by atoms with Crippen LogP contribution in [0.5, 0.6) is 0 Å². The number of carbonyl (C=O) groups is 3. The maximum atomic E-state index is 12.0. The molecule has 1 saturated heterocycles. The lowest BCUT2D eigenvalue weighted by Gasteiger charge is -2.15. The molecule has 0 unspecified atom stereocenters. The van der Waals surface area contributed by atoms with Crippen molar-refractivity contribution in [1.82, 2.24) is 14.9 Å². The summed E-state index contributed by atoms with van der Waals surface area (Å²) in [4.78, 5) is 44.7. The van der Waals surface area contributed by atoms with Crippen molar-refractivity contribution in [3.8, 4) is 0 Å². The largest absolute Gasteiger partial charge is 0.368 e. The fraction of sp³-hybridized carbons (Fsp3) is 0.364. The van der Waals surface area contributed by atoms with Crippen molar-refractivity contribution in [2.24, 2.45) is 5.73 Å². The van der Waals surface area contributed by atoms with Crippen molar-refractivity contribution in [3.05, 3.63) is 17.5 Å². The van der Waals surface area contributed by atoms with Crippen LogP contribution in [0, 0.1) is 13.8 Å². The molecule has 0 atom stereocenters. The molecule has 19 heavy (non-hydrogen) atoms. The highest BCUT2D eigenvalue weighted by Gasteiger charge is 2.39. The smallest absolute Gasteiger partial charge is 0.334 e. The summed E-state index contributed by atoms with van der Waals surface area (Å²) in [5.74, 6) is -1.08. The van der Waals surface area contributed by atoms with E-state index in [9.17, 15) is 14.4 Å². The number of anilines is 1. The molecule has 0 aromatic carbocycles. The summed E-state index contributed by atoms with van der Waals surface area (Å²) < 4.78 is 0. The van der Waals surface area contributed by atoms with Crippen molar-refractivity contribution in [1.29, 1.82) is 0 Å². The van der Waals surface area contributed by atoms with Gasteiger partial charge in [0.05, 0.1) is 0 Å². The summed E-state index contributed by atoms with van der Waals surface area (Å²) in [6, 6.07) is 1.13. The van der Waals surface area contributed by atoms with Crippen molar-refractivity contribution in [3.63, 3.8) is 0 Å². The summed E-state index contributed by atoms with van der Waals surface area (Å²) in [5.41, 5.74) is 6.38. The van der Waals surface area contributed by atoms with Crippen LogP contribution in [0.25, 0.3) is 0 Å². The van der Waals surface area contributed by atoms with Crippen molar-refractivity contribution in [2.45, 2.75) is 13.8 Å². The van der Waals surface area contributed by atoms with E-state index in [0.717, 1.165) is 9.80 Å². The minimum absolute atomic E-state index is 0.155. The van der Waals surface area contributed by atoms with Crippen LogP contribution in [0.3, 0.4) is 0 Å². The zero-order valence-electron chi connectivity index (χ0n) is 10.6. The molecule has 100 valence electrons. The first-order chi connectivity index (χ1) is 8.88. The van der Waals surface area contributed by atoms with Crippen LogP contribution in [-0.2, 0) is 9.59 Å². The van der Waals surface area contributed by atoms with E-state index in [4.69, 9.17) is 5.73 Å². The first kappa shape index (κ1) is 12.9. The van der Waals surface area contributed by atoms with Gasteiger partial charge in [-0.1, -0.05) is 0 Å². The number of amides is 4. The number of nitrogens with two attached hydrogens (primary N) is 1. The number of nitrogens with zero attached hydrogens (tertiary/aromatic N) is 4. The Balaban J connectivity index is 2.30. The summed E-state index contributed by atoms with van der Waals surface area (Å²) >= 11 is 0. The van der Waals surface area contributed by atoms with Gasteiger partial charge in [-0.05, 0) is 19.9 Å². The minimum atomic E-state index is -0.745. The Hall–Kier alpha value is -2.51. The van der Waals surface area contributed by atoms with Gasteiger partial charge in [0.1, 0.15) is 13.1 Å². The molecule has 0 spiro atoms. The van der Waals surface area contributed by atoms with Crippen LogP contribution >= 0.6 is 0 Å². The van der Waals surface area contributed by atoms with E-state index < -0.39 is 24.4 Å². The number of imide groups is 1. The highest BCUT2D eigenvalue weighted by molar-refractivity contribution is 6.12. The average Bonchev–Trinajstić information content (AvgIpc) is 2.55. The van der Waals surface area contributed by atoms with E-state index in [1.165, 1.54) is 0 Å². The molecule has 2 rings (SSSR count). The number of aryl methyl sites for hydroxylation is 2. The predicted octanol–water partition coefficient (Wildman–Crippen LogP) is -0.653. The molecule has 0 radical (unpaired) electrons. The summed E-state index contributed by atoms with van der Waals surface area (Å²) in [6.07, 6.45) is 0. The Morgan fingerprint density at radius 3 is 2.42 bits per heavy atom. The van der Waals surface area contributed by atoms with E-state index >= 15 is 0 Å². The van der Waals surface area contributed by atoms with Gasteiger partial charge in [0.2, 0.25) is 11.9 Å². The van der Waals surface area contributed by atoms with Crippen LogP contribution < -0.4 is 10.6 Å². The lowest BCUT2D eigenvalue weighted by atomic mass is 10.3. The average molecular weight is 263 g/mol. The third-order valence-corrected chi connectivity index (χ3v) is 2.58. The van der Waals surface area contributed by atoms with Gasteiger partial charge in [-0.15, -0.1) is 0 Å². The van der Waals surface area contributed by atoms with Crippen LogP contribution in [0.15, 0.2) is 6.07 Å². The molecule has 8 nitrogen and oxygen atoms in total. The summed E-state index contributed by atoms with van der Waals surface area (Å²) in [5, 5.41) is 0. The molecular weight excluding hydrogens is 250 g/mol. The molecule has 1 aliphatic heterocycles. The molecule has 1 aromatic heterocycles. The molecule has 2 heterocycles. The molecule has 4 amide bonds. The number of rotatable bonds is 3. The lowest BCUT2D eigenvalue weighted by Crippen LogP contribution is -2.39. The normalized spacial score (nSPS) is 15.3. The van der Waals surface area contributed by atoms with E-state index in [0.29, 0.717) is 11.4 Å². The van der Waals surface area contributed by atoms with Gasteiger partial charge < -0.3 is 5.73 Å². The molecule has 1 fully saturated rings. The second kappa shape index (κ2) is 4.63. The second-order valence-electron chi connectivity index (χ2n) is 4.27. The molecule has 1 aromatic rings. The van der Waals surface area contributed by atoms with Crippen LogP contribution in [0.1, 0.15) is 11.4 Å². The molecule has 8 heteroatoms. The van der Waals surface area contributed by atoms with E-state index in [2.05, 4.69) is 9.97 Å². The van der Waals surface area contributed by atoms with Gasteiger partial charge in [0.25, 0.3) is 5.91 Å².